The number of esters is 2. The highest BCUT2D eigenvalue weighted by Crippen LogP contribution is 2.43. The van der Waals surface area contributed by atoms with Gasteiger partial charge in [0.25, 0.3) is 0 Å². The van der Waals surface area contributed by atoms with Crippen molar-refractivity contribution in [3.8, 4) is 0 Å². The van der Waals surface area contributed by atoms with E-state index >= 15 is 0 Å². The second-order valence-corrected chi connectivity index (χ2v) is 15.9. The van der Waals surface area contributed by atoms with Crippen LogP contribution in [-0.4, -0.2) is 59.9 Å². The molecule has 4 N–H and O–H groups in total. The first-order valence-electron chi connectivity index (χ1n) is 21.1. The molecule has 0 aliphatic heterocycles. The predicted octanol–water partition coefficient (Wildman–Crippen LogP) is 10.7. The Kier molecular flexibility index (Phi) is 35.4. The first kappa shape index (κ1) is 50.5. The zero-order valence-corrected chi connectivity index (χ0v) is 34.1. The molecule has 0 fully saturated rings. The van der Waals surface area contributed by atoms with Crippen LogP contribution in [0.1, 0.15) is 206 Å². The number of carboxylic acids is 1. The molecule has 0 saturated carbocycles. The predicted molar refractivity (Wildman–Crippen MR) is 208 cm³/mol. The lowest BCUT2D eigenvalue weighted by Crippen LogP contribution is -2.34. The normalized spacial score (nSPS) is 13.8. The van der Waals surface area contributed by atoms with Gasteiger partial charge in [0.05, 0.1) is 13.2 Å². The lowest BCUT2D eigenvalue weighted by atomic mass is 10.0. The van der Waals surface area contributed by atoms with Gasteiger partial charge in [-0.15, -0.1) is 0 Å². The number of carbonyl (C=O) groups excluding carboxylic acids is 2. The summed E-state index contributed by atoms with van der Waals surface area (Å²) < 4.78 is 32.6. The Hall–Kier alpha value is -1.52. The highest BCUT2D eigenvalue weighted by Gasteiger charge is 2.28. The van der Waals surface area contributed by atoms with Gasteiger partial charge in [-0.05, 0) is 12.8 Å². The summed E-state index contributed by atoms with van der Waals surface area (Å²) in [4.78, 5) is 45.8. The quantitative estimate of drug-likeness (QED) is 0.0308. The second kappa shape index (κ2) is 36.5. The lowest BCUT2D eigenvalue weighted by molar-refractivity contribution is -0.161. The summed E-state index contributed by atoms with van der Waals surface area (Å²) in [6.45, 7) is 2.81. The van der Waals surface area contributed by atoms with Crippen LogP contribution in [-0.2, 0) is 37.5 Å². The molecule has 0 radical (unpaired) electrons. The van der Waals surface area contributed by atoms with Crippen molar-refractivity contribution in [2.24, 2.45) is 5.73 Å². The standard InChI is InChI=1S/C40H78NO10P/c1-3-5-7-9-11-13-15-16-17-18-19-20-21-22-24-26-28-30-32-39(43)51-36(34-49-52(46,47)50-35-37(41)40(44)45)33-48-38(42)31-29-27-25-23-14-12-10-8-6-4-2/h36-37H,3-35,41H2,1-2H3,(H,44,45)(H,46,47)/t36-,37-/m0/s1. The fourth-order valence-corrected chi connectivity index (χ4v) is 6.79. The molecule has 1 unspecified atom stereocenters. The molecule has 52 heavy (non-hydrogen) atoms. The number of rotatable bonds is 40. The summed E-state index contributed by atoms with van der Waals surface area (Å²) >= 11 is 0. The van der Waals surface area contributed by atoms with Crippen LogP contribution in [0.4, 0.5) is 0 Å². The number of phosphoric ester groups is 1. The largest absolute Gasteiger partial charge is 0.480 e. The summed E-state index contributed by atoms with van der Waals surface area (Å²) in [7, 11) is -4.70. The van der Waals surface area contributed by atoms with Gasteiger partial charge in [-0.2, -0.15) is 0 Å². The first-order valence-corrected chi connectivity index (χ1v) is 22.6. The van der Waals surface area contributed by atoms with E-state index < -0.39 is 51.1 Å². The molecule has 0 spiro atoms. The minimum atomic E-state index is -4.70. The van der Waals surface area contributed by atoms with Crippen LogP contribution in [0.15, 0.2) is 0 Å². The van der Waals surface area contributed by atoms with Crippen molar-refractivity contribution in [3.05, 3.63) is 0 Å². The number of carboxylic acid groups (broad SMARTS) is 1. The fraction of sp³-hybridized carbons (Fsp3) is 0.925. The zero-order valence-electron chi connectivity index (χ0n) is 33.2. The molecule has 308 valence electrons. The van der Waals surface area contributed by atoms with Gasteiger partial charge in [-0.25, -0.2) is 4.57 Å². The van der Waals surface area contributed by atoms with Gasteiger partial charge in [0.15, 0.2) is 6.10 Å². The Labute approximate surface area is 316 Å². The van der Waals surface area contributed by atoms with E-state index in [1.165, 1.54) is 128 Å². The van der Waals surface area contributed by atoms with Gasteiger partial charge in [-0.3, -0.25) is 23.4 Å². The number of phosphoric acid groups is 1. The van der Waals surface area contributed by atoms with Crippen molar-refractivity contribution in [2.45, 2.75) is 219 Å². The topological polar surface area (TPSA) is 172 Å². The van der Waals surface area contributed by atoms with E-state index in [0.29, 0.717) is 12.8 Å². The molecule has 11 nitrogen and oxygen atoms in total. The van der Waals surface area contributed by atoms with Gasteiger partial charge >= 0.3 is 25.7 Å². The van der Waals surface area contributed by atoms with Crippen LogP contribution >= 0.6 is 7.82 Å². The van der Waals surface area contributed by atoms with E-state index in [9.17, 15) is 23.8 Å². The molecule has 12 heteroatoms. The number of unbranched alkanes of at least 4 members (excludes halogenated alkanes) is 26. The first-order chi connectivity index (χ1) is 25.1. The molecular formula is C40H78NO10P. The molecule has 0 heterocycles. The molecule has 0 aromatic rings. The maximum Gasteiger partial charge on any atom is 0.472 e. The molecule has 0 aromatic carbocycles. The molecule has 0 aliphatic rings. The summed E-state index contributed by atoms with van der Waals surface area (Å²) in [6.07, 6.45) is 33.2. The summed E-state index contributed by atoms with van der Waals surface area (Å²) in [5.74, 6) is -2.36. The van der Waals surface area contributed by atoms with Crippen LogP contribution < -0.4 is 5.73 Å². The molecule has 0 bridgehead atoms. The van der Waals surface area contributed by atoms with Gasteiger partial charge in [0.2, 0.25) is 0 Å². The second-order valence-electron chi connectivity index (χ2n) is 14.5. The van der Waals surface area contributed by atoms with Crippen LogP contribution in [0.5, 0.6) is 0 Å². The van der Waals surface area contributed by atoms with Crippen molar-refractivity contribution in [3.63, 3.8) is 0 Å². The highest BCUT2D eigenvalue weighted by atomic mass is 31.2. The minimum absolute atomic E-state index is 0.169. The molecule has 0 aliphatic carbocycles. The Balaban J connectivity index is 4.29. The minimum Gasteiger partial charge on any atom is -0.480 e. The van der Waals surface area contributed by atoms with Crippen LogP contribution in [0.2, 0.25) is 0 Å². The van der Waals surface area contributed by atoms with Crippen LogP contribution in [0.25, 0.3) is 0 Å². The fourth-order valence-electron chi connectivity index (χ4n) is 6.01. The zero-order chi connectivity index (χ0) is 38.5. The third-order valence-electron chi connectivity index (χ3n) is 9.36. The molecule has 0 amide bonds. The van der Waals surface area contributed by atoms with Crippen molar-refractivity contribution in [1.82, 2.24) is 0 Å². The van der Waals surface area contributed by atoms with Crippen LogP contribution in [0.3, 0.4) is 0 Å². The smallest absolute Gasteiger partial charge is 0.472 e. The van der Waals surface area contributed by atoms with Crippen molar-refractivity contribution >= 4 is 25.7 Å². The highest BCUT2D eigenvalue weighted by molar-refractivity contribution is 7.47. The van der Waals surface area contributed by atoms with E-state index in [2.05, 4.69) is 18.4 Å². The Bertz CT molecular complexity index is 906. The summed E-state index contributed by atoms with van der Waals surface area (Å²) in [5.41, 5.74) is 5.32. The van der Waals surface area contributed by atoms with Gasteiger partial charge in [-0.1, -0.05) is 181 Å². The van der Waals surface area contributed by atoms with E-state index in [-0.39, 0.29) is 19.4 Å². The molecule has 0 aromatic heterocycles. The third-order valence-corrected chi connectivity index (χ3v) is 10.3. The third kappa shape index (κ3) is 35.5. The van der Waals surface area contributed by atoms with Gasteiger partial charge in [0, 0.05) is 12.8 Å². The van der Waals surface area contributed by atoms with Gasteiger partial charge in [0.1, 0.15) is 12.6 Å². The molecular weight excluding hydrogens is 685 g/mol. The van der Waals surface area contributed by atoms with E-state index in [1.54, 1.807) is 0 Å². The lowest BCUT2D eigenvalue weighted by Gasteiger charge is -2.20. The molecule has 0 rings (SSSR count). The number of nitrogens with two attached hydrogens (primary N) is 1. The van der Waals surface area contributed by atoms with E-state index in [1.807, 2.05) is 0 Å². The summed E-state index contributed by atoms with van der Waals surface area (Å²) in [6, 6.07) is -1.51. The average molecular weight is 764 g/mol. The molecule has 3 atom stereocenters. The van der Waals surface area contributed by atoms with Crippen molar-refractivity contribution in [1.29, 1.82) is 0 Å². The van der Waals surface area contributed by atoms with E-state index in [0.717, 1.165) is 38.5 Å². The Morgan fingerprint density at radius 2 is 0.846 bits per heavy atom. The maximum absolute atomic E-state index is 12.6. The number of carbonyl (C=O) groups is 3. The Morgan fingerprint density at radius 3 is 1.21 bits per heavy atom. The van der Waals surface area contributed by atoms with Crippen molar-refractivity contribution < 1.29 is 47.5 Å². The summed E-state index contributed by atoms with van der Waals surface area (Å²) in [5, 5.41) is 8.87. The maximum atomic E-state index is 12.6. The number of ether oxygens (including phenoxy) is 2. The number of hydrogen-bond acceptors (Lipinski definition) is 9. The monoisotopic (exact) mass is 764 g/mol. The molecule has 0 saturated heterocycles. The van der Waals surface area contributed by atoms with Crippen molar-refractivity contribution in [2.75, 3.05) is 19.8 Å². The van der Waals surface area contributed by atoms with Gasteiger partial charge < -0.3 is 25.2 Å². The van der Waals surface area contributed by atoms with Crippen LogP contribution in [0, 0.1) is 0 Å². The van der Waals surface area contributed by atoms with E-state index in [4.69, 9.17) is 24.8 Å². The SMILES string of the molecule is CCCCCCCCCCCCCCCCCCCCC(=O)O[C@@H](COC(=O)CCCCCCCCCCCC)COP(=O)(O)OC[C@H](N)C(=O)O. The average Bonchev–Trinajstić information content (AvgIpc) is 3.12. The Morgan fingerprint density at radius 1 is 0.519 bits per heavy atom. The number of hydrogen-bond donors (Lipinski definition) is 3. The number of aliphatic carboxylic acids is 1.